The number of benzene rings is 16. The van der Waals surface area contributed by atoms with E-state index in [1.54, 1.807) is 24.7 Å². The molecule has 0 amide bonds. The van der Waals surface area contributed by atoms with Gasteiger partial charge in [-0.05, 0) is 215 Å². The quantitative estimate of drug-likeness (QED) is 0.120. The molecule has 0 aliphatic rings. The molecular weight excluding hydrogens is 1650 g/mol. The Morgan fingerprint density at radius 1 is 0.222 bits per heavy atom. The third-order valence-corrected chi connectivity index (χ3v) is 25.0. The van der Waals surface area contributed by atoms with Crippen molar-refractivity contribution in [2.75, 3.05) is 0 Å². The van der Waals surface area contributed by atoms with Crippen LogP contribution in [-0.2, 0) is 0 Å². The van der Waals surface area contributed by atoms with Gasteiger partial charge in [-0.15, -0.1) is 0 Å². The Morgan fingerprint density at radius 3 is 1.10 bits per heavy atom. The zero-order valence-electron chi connectivity index (χ0n) is 72.4. The van der Waals surface area contributed by atoms with Gasteiger partial charge in [-0.2, -0.15) is 26.3 Å². The van der Waals surface area contributed by atoms with Crippen molar-refractivity contribution in [3.05, 3.63) is 472 Å². The van der Waals surface area contributed by atoms with Gasteiger partial charge in [-0.3, -0.25) is 0 Å². The molecule has 14 heteroatoms. The highest BCUT2D eigenvalue weighted by Gasteiger charge is 2.24. The predicted octanol–water partition coefficient (Wildman–Crippen LogP) is 29.6. The lowest BCUT2D eigenvalue weighted by Crippen LogP contribution is -1.97. The molecule has 9 aromatic heterocycles. The van der Waals surface area contributed by atoms with Gasteiger partial charge in [0, 0.05) is 112 Å². The molecule has 16 aromatic carbocycles. The third kappa shape index (κ3) is 14.9. The first-order chi connectivity index (χ1) is 66.8. The summed E-state index contributed by atoms with van der Waals surface area (Å²) < 4.78 is 15.7. The first-order valence-electron chi connectivity index (χ1n) is 44.2. The molecule has 14 nitrogen and oxygen atoms in total. The van der Waals surface area contributed by atoms with E-state index in [1.165, 1.54) is 43.6 Å². The van der Waals surface area contributed by atoms with Crippen molar-refractivity contribution in [1.29, 1.82) is 26.3 Å². The summed E-state index contributed by atoms with van der Waals surface area (Å²) in [5.74, 6) is 0. The van der Waals surface area contributed by atoms with Crippen LogP contribution in [0.15, 0.2) is 448 Å². The van der Waals surface area contributed by atoms with Gasteiger partial charge in [0.1, 0.15) is 58.2 Å². The van der Waals surface area contributed by atoms with Gasteiger partial charge >= 0.3 is 0 Å². The minimum absolute atomic E-state index is 0.411. The van der Waals surface area contributed by atoms with Gasteiger partial charge in [0.05, 0.1) is 78.2 Å². The van der Waals surface area contributed by atoms with Crippen LogP contribution in [0.5, 0.6) is 0 Å². The van der Waals surface area contributed by atoms with Crippen molar-refractivity contribution in [3.8, 4) is 131 Å². The standard InChI is InChI=1S/C36H21N3O.C31H18N4.C30H19N3.C24H15N3/c37-22-31-27(14-7-19-38-31)25-10-5-8-23(20-25)24-9-6-11-26(21-24)39-32-15-3-1-13-30(32)35-33(39)18-17-29-28-12-2-4-16-34(28)40-36(29)35;32-19-21-14-15-31-27(17-21)26-10-2-4-13-30(26)35(31)29-12-3-1-9-25(29)23-8-5-7-22(18-23)24-11-6-16-34-28(24)20-33;31-20-27-23(14-8-18-32-27)21-9-7-10-22(19-21)24-11-1-4-15-28(24)33-29-16-5-2-12-25(29)26-13-3-6-17-30(26)33;25-16-18-6-5-9-22(26-18)17-12-14-19(15-13-17)27-23-10-3-1-7-20(23)21-8-2-4-11-24(21)27/h1-21H;1-18H;1-19H;1-15H. The van der Waals surface area contributed by atoms with Gasteiger partial charge < -0.3 is 22.7 Å². The topological polar surface area (TPSA) is 203 Å². The zero-order chi connectivity index (χ0) is 90.8. The van der Waals surface area contributed by atoms with Crippen molar-refractivity contribution >= 4 is 109 Å². The molecule has 0 aliphatic carbocycles. The summed E-state index contributed by atoms with van der Waals surface area (Å²) in [6.07, 6.45) is 4.95. The summed E-state index contributed by atoms with van der Waals surface area (Å²) in [4.78, 5) is 17.1. The number of aromatic nitrogens is 8. The van der Waals surface area contributed by atoms with Crippen molar-refractivity contribution in [3.63, 3.8) is 0 Å². The number of nitrogens with zero attached hydrogens (tertiary/aromatic N) is 13. The summed E-state index contributed by atoms with van der Waals surface area (Å²) >= 11 is 0. The number of pyridine rings is 4. The second-order valence-electron chi connectivity index (χ2n) is 32.7. The Kier molecular flexibility index (Phi) is 21.3. The average Bonchev–Trinajstić information content (AvgIpc) is 1.55. The largest absolute Gasteiger partial charge is 0.455 e. The first-order valence-corrected chi connectivity index (χ1v) is 44.2. The summed E-state index contributed by atoms with van der Waals surface area (Å²) in [7, 11) is 0. The van der Waals surface area contributed by atoms with Crippen molar-refractivity contribution in [1.82, 2.24) is 38.2 Å². The molecule has 0 bridgehead atoms. The molecule has 0 saturated heterocycles. The molecular formula is C121H73N13O. The monoisotopic (exact) mass is 1720 g/mol. The third-order valence-electron chi connectivity index (χ3n) is 25.0. The molecule has 25 rings (SSSR count). The van der Waals surface area contributed by atoms with E-state index in [9.17, 15) is 21.0 Å². The summed E-state index contributed by atoms with van der Waals surface area (Å²) in [6.45, 7) is 0. The van der Waals surface area contributed by atoms with Crippen LogP contribution in [0.1, 0.15) is 28.3 Å². The smallest absolute Gasteiger partial charge is 0.148 e. The minimum Gasteiger partial charge on any atom is -0.455 e. The SMILES string of the molecule is N#Cc1ccc2c(c1)c1ccccc1n2-c1ccccc1-c1cccc(-c2cccnc2C#N)c1.N#Cc1cccc(-c2ccc(-n3c4ccccc4c4ccccc43)cc2)n1.N#Cc1ncccc1-c1cccc(-c2cccc(-n3c4ccccc4c4c5oc6ccccc6c5ccc43)c2)c1.N#Cc1ncccc1-c1cccc(-c2ccccc2-n2c3ccccc3c3ccccc32)c1. The average molecular weight is 1730 g/mol. The van der Waals surface area contributed by atoms with E-state index < -0.39 is 0 Å². The van der Waals surface area contributed by atoms with Crippen molar-refractivity contribution in [2.45, 2.75) is 0 Å². The molecule has 0 aliphatic heterocycles. The second kappa shape index (κ2) is 35.3. The summed E-state index contributed by atoms with van der Waals surface area (Å²) in [6, 6.07) is 156. The Balaban J connectivity index is 0.000000105. The van der Waals surface area contributed by atoms with Crippen molar-refractivity contribution in [2.24, 2.45) is 0 Å². The van der Waals surface area contributed by atoms with E-state index in [0.717, 1.165) is 166 Å². The number of fused-ring (bicyclic) bond motifs is 16. The van der Waals surface area contributed by atoms with E-state index >= 15 is 0 Å². The van der Waals surface area contributed by atoms with Crippen LogP contribution in [0.4, 0.5) is 0 Å². The number of nitriles is 5. The first kappa shape index (κ1) is 81.3. The Hall–Kier alpha value is -19.4. The number of hydrogen-bond donors (Lipinski definition) is 0. The highest BCUT2D eigenvalue weighted by molar-refractivity contribution is 6.24. The highest BCUT2D eigenvalue weighted by Crippen LogP contribution is 2.45. The maximum Gasteiger partial charge on any atom is 0.148 e. The molecule has 0 unspecified atom stereocenters. The second-order valence-corrected chi connectivity index (χ2v) is 32.7. The van der Waals surface area contributed by atoms with Gasteiger partial charge in [-0.25, -0.2) is 19.9 Å². The van der Waals surface area contributed by atoms with E-state index in [2.05, 4.69) is 348 Å². The molecule has 135 heavy (non-hydrogen) atoms. The summed E-state index contributed by atoms with van der Waals surface area (Å²) in [5.41, 5.74) is 31.3. The molecule has 9 heterocycles. The maximum absolute atomic E-state index is 9.57. The van der Waals surface area contributed by atoms with Crippen molar-refractivity contribution < 1.29 is 4.42 Å². The number of hydrogen-bond acceptors (Lipinski definition) is 10. The minimum atomic E-state index is 0.411. The number of rotatable bonds is 11. The fourth-order valence-corrected chi connectivity index (χ4v) is 19.0. The van der Waals surface area contributed by atoms with E-state index in [4.69, 9.17) is 9.68 Å². The highest BCUT2D eigenvalue weighted by atomic mass is 16.3. The fourth-order valence-electron chi connectivity index (χ4n) is 19.0. The molecule has 0 radical (unpaired) electrons. The number of furan rings is 1. The molecule has 0 spiro atoms. The molecule has 0 atom stereocenters. The lowest BCUT2D eigenvalue weighted by Gasteiger charge is -2.15. The van der Waals surface area contributed by atoms with Crippen LogP contribution in [-0.4, -0.2) is 38.2 Å². The Bertz CT molecular complexity index is 9140. The van der Waals surface area contributed by atoms with Gasteiger partial charge in [-0.1, -0.05) is 249 Å². The zero-order valence-corrected chi connectivity index (χ0v) is 72.4. The Morgan fingerprint density at radius 2 is 0.600 bits per heavy atom. The van der Waals surface area contributed by atoms with Crippen LogP contribution >= 0.6 is 0 Å². The van der Waals surface area contributed by atoms with Crippen LogP contribution in [0, 0.1) is 56.7 Å². The fraction of sp³-hybridized carbons (Fsp3) is 0. The van der Waals surface area contributed by atoms with Crippen LogP contribution in [0.2, 0.25) is 0 Å². The molecule has 0 N–H and O–H groups in total. The normalized spacial score (nSPS) is 11.1. The van der Waals surface area contributed by atoms with Gasteiger partial charge in [0.25, 0.3) is 0 Å². The van der Waals surface area contributed by atoms with Gasteiger partial charge in [0.2, 0.25) is 0 Å². The molecule has 0 saturated carbocycles. The molecule has 25 aromatic rings. The maximum atomic E-state index is 9.57. The molecule has 628 valence electrons. The lowest BCUT2D eigenvalue weighted by atomic mass is 9.97. The summed E-state index contributed by atoms with van der Waals surface area (Å²) in [5, 5.41) is 58.8. The predicted molar refractivity (Wildman–Crippen MR) is 543 cm³/mol. The number of para-hydroxylation sites is 9. The van der Waals surface area contributed by atoms with Crippen LogP contribution < -0.4 is 0 Å². The lowest BCUT2D eigenvalue weighted by molar-refractivity contribution is 0.673. The van der Waals surface area contributed by atoms with Crippen LogP contribution in [0.25, 0.3) is 210 Å². The van der Waals surface area contributed by atoms with Crippen LogP contribution in [0.3, 0.4) is 0 Å². The molecule has 0 fully saturated rings. The van der Waals surface area contributed by atoms with Gasteiger partial charge in [0.15, 0.2) is 0 Å². The van der Waals surface area contributed by atoms with E-state index in [1.807, 2.05) is 140 Å². The van der Waals surface area contributed by atoms with E-state index in [0.29, 0.717) is 28.3 Å². The Labute approximate surface area is 775 Å². The van der Waals surface area contributed by atoms with E-state index in [-0.39, 0.29) is 0 Å².